The highest BCUT2D eigenvalue weighted by Gasteiger charge is 2.09. The fourth-order valence-corrected chi connectivity index (χ4v) is 2.05. The molecular weight excluding hydrogens is 202 g/mol. The van der Waals surface area contributed by atoms with Crippen LogP contribution in [0.1, 0.15) is 37.2 Å². The SMILES string of the molecule is CCCc1cc2[nH]c(=O)c(CC)c(C)n2n1. The largest absolute Gasteiger partial charge is 0.307 e. The van der Waals surface area contributed by atoms with E-state index in [1.165, 1.54) is 0 Å². The molecular formula is C12H17N3O. The normalized spacial score (nSPS) is 11.2. The first-order valence-electron chi connectivity index (χ1n) is 5.77. The second-order valence-electron chi connectivity index (χ2n) is 4.05. The molecule has 0 aliphatic heterocycles. The van der Waals surface area contributed by atoms with Crippen molar-refractivity contribution in [2.75, 3.05) is 0 Å². The van der Waals surface area contributed by atoms with Crippen molar-refractivity contribution in [1.29, 1.82) is 0 Å². The van der Waals surface area contributed by atoms with Crippen molar-refractivity contribution in [3.05, 3.63) is 33.4 Å². The van der Waals surface area contributed by atoms with E-state index in [-0.39, 0.29) is 5.56 Å². The lowest BCUT2D eigenvalue weighted by molar-refractivity contribution is 0.801. The van der Waals surface area contributed by atoms with Crippen LogP contribution < -0.4 is 5.56 Å². The average Bonchev–Trinajstić information content (AvgIpc) is 2.62. The maximum atomic E-state index is 11.8. The summed E-state index contributed by atoms with van der Waals surface area (Å²) in [5, 5.41) is 4.50. The molecule has 1 N–H and O–H groups in total. The topological polar surface area (TPSA) is 50.2 Å². The number of aromatic nitrogens is 3. The fraction of sp³-hybridized carbons (Fsp3) is 0.500. The number of aromatic amines is 1. The number of hydrogen-bond donors (Lipinski definition) is 1. The second kappa shape index (κ2) is 4.12. The van der Waals surface area contributed by atoms with Crippen LogP contribution in [0.3, 0.4) is 0 Å². The zero-order chi connectivity index (χ0) is 11.7. The summed E-state index contributed by atoms with van der Waals surface area (Å²) in [5.41, 5.74) is 3.61. The van der Waals surface area contributed by atoms with E-state index >= 15 is 0 Å². The third-order valence-corrected chi connectivity index (χ3v) is 2.89. The van der Waals surface area contributed by atoms with Gasteiger partial charge < -0.3 is 4.98 Å². The van der Waals surface area contributed by atoms with Crippen LogP contribution in [-0.4, -0.2) is 14.6 Å². The summed E-state index contributed by atoms with van der Waals surface area (Å²) < 4.78 is 1.84. The molecule has 2 aromatic rings. The van der Waals surface area contributed by atoms with E-state index in [9.17, 15) is 4.79 Å². The van der Waals surface area contributed by atoms with E-state index in [0.717, 1.165) is 41.9 Å². The first kappa shape index (κ1) is 10.9. The Kier molecular flexibility index (Phi) is 2.81. The van der Waals surface area contributed by atoms with Crippen LogP contribution in [-0.2, 0) is 12.8 Å². The van der Waals surface area contributed by atoms with Crippen LogP contribution in [0.5, 0.6) is 0 Å². The predicted octanol–water partition coefficient (Wildman–Crippen LogP) is 1.85. The molecule has 0 saturated carbocycles. The van der Waals surface area contributed by atoms with E-state index in [1.54, 1.807) is 0 Å². The Morgan fingerprint density at radius 3 is 2.81 bits per heavy atom. The monoisotopic (exact) mass is 219 g/mol. The van der Waals surface area contributed by atoms with E-state index in [2.05, 4.69) is 17.0 Å². The van der Waals surface area contributed by atoms with Gasteiger partial charge in [0.05, 0.1) is 5.69 Å². The number of hydrogen-bond acceptors (Lipinski definition) is 2. The fourth-order valence-electron chi connectivity index (χ4n) is 2.05. The maximum absolute atomic E-state index is 11.8. The van der Waals surface area contributed by atoms with Crippen LogP contribution in [0.2, 0.25) is 0 Å². The molecule has 2 heterocycles. The molecule has 0 amide bonds. The first-order chi connectivity index (χ1) is 7.67. The van der Waals surface area contributed by atoms with Crippen molar-refractivity contribution < 1.29 is 0 Å². The Bertz CT molecular complexity index is 565. The van der Waals surface area contributed by atoms with Crippen LogP contribution in [0.4, 0.5) is 0 Å². The lowest BCUT2D eigenvalue weighted by Crippen LogP contribution is -2.17. The van der Waals surface area contributed by atoms with Gasteiger partial charge in [-0.25, -0.2) is 4.52 Å². The summed E-state index contributed by atoms with van der Waals surface area (Å²) in [6, 6.07) is 1.96. The lowest BCUT2D eigenvalue weighted by Gasteiger charge is -2.03. The number of aryl methyl sites for hydroxylation is 2. The Balaban J connectivity index is 2.68. The number of nitrogens with one attached hydrogen (secondary N) is 1. The lowest BCUT2D eigenvalue weighted by atomic mass is 10.2. The minimum absolute atomic E-state index is 0.00967. The van der Waals surface area contributed by atoms with Gasteiger partial charge in [0.2, 0.25) is 0 Å². The minimum Gasteiger partial charge on any atom is -0.307 e. The van der Waals surface area contributed by atoms with Crippen LogP contribution in [0.15, 0.2) is 10.9 Å². The smallest absolute Gasteiger partial charge is 0.254 e. The zero-order valence-electron chi connectivity index (χ0n) is 10.0. The van der Waals surface area contributed by atoms with Gasteiger partial charge in [-0.2, -0.15) is 5.10 Å². The Morgan fingerprint density at radius 2 is 2.19 bits per heavy atom. The van der Waals surface area contributed by atoms with Crippen LogP contribution in [0.25, 0.3) is 5.65 Å². The Morgan fingerprint density at radius 1 is 1.44 bits per heavy atom. The van der Waals surface area contributed by atoms with E-state index in [1.807, 2.05) is 24.4 Å². The molecule has 0 atom stereocenters. The number of rotatable bonds is 3. The minimum atomic E-state index is 0.00967. The predicted molar refractivity (Wildman–Crippen MR) is 63.9 cm³/mol. The number of nitrogens with zero attached hydrogens (tertiary/aromatic N) is 2. The van der Waals surface area contributed by atoms with Crippen molar-refractivity contribution in [2.45, 2.75) is 40.0 Å². The molecule has 2 aromatic heterocycles. The van der Waals surface area contributed by atoms with Crippen molar-refractivity contribution in [3.8, 4) is 0 Å². The molecule has 0 aromatic carbocycles. The van der Waals surface area contributed by atoms with Crippen molar-refractivity contribution in [1.82, 2.24) is 14.6 Å². The summed E-state index contributed by atoms with van der Waals surface area (Å²) in [7, 11) is 0. The van der Waals surface area contributed by atoms with Crippen LogP contribution in [0, 0.1) is 6.92 Å². The molecule has 4 nitrogen and oxygen atoms in total. The van der Waals surface area contributed by atoms with E-state index < -0.39 is 0 Å². The third-order valence-electron chi connectivity index (χ3n) is 2.89. The maximum Gasteiger partial charge on any atom is 0.254 e. The van der Waals surface area contributed by atoms with Gasteiger partial charge >= 0.3 is 0 Å². The molecule has 4 heteroatoms. The van der Waals surface area contributed by atoms with E-state index in [0.29, 0.717) is 0 Å². The van der Waals surface area contributed by atoms with Gasteiger partial charge in [-0.1, -0.05) is 20.3 Å². The van der Waals surface area contributed by atoms with Gasteiger partial charge in [-0.3, -0.25) is 4.79 Å². The molecule has 0 bridgehead atoms. The van der Waals surface area contributed by atoms with Gasteiger partial charge in [0, 0.05) is 17.3 Å². The summed E-state index contributed by atoms with van der Waals surface area (Å²) in [5.74, 6) is 0. The highest BCUT2D eigenvalue weighted by molar-refractivity contribution is 5.42. The molecule has 0 aliphatic carbocycles. The van der Waals surface area contributed by atoms with Crippen molar-refractivity contribution >= 4 is 5.65 Å². The van der Waals surface area contributed by atoms with Gasteiger partial charge in [-0.15, -0.1) is 0 Å². The molecule has 0 spiro atoms. The van der Waals surface area contributed by atoms with E-state index in [4.69, 9.17) is 0 Å². The van der Waals surface area contributed by atoms with Gasteiger partial charge in [0.15, 0.2) is 0 Å². The van der Waals surface area contributed by atoms with Gasteiger partial charge in [-0.05, 0) is 19.8 Å². The molecule has 0 fully saturated rings. The average molecular weight is 219 g/mol. The number of H-pyrrole nitrogens is 1. The van der Waals surface area contributed by atoms with Crippen molar-refractivity contribution in [2.24, 2.45) is 0 Å². The first-order valence-corrected chi connectivity index (χ1v) is 5.77. The number of fused-ring (bicyclic) bond motifs is 1. The van der Waals surface area contributed by atoms with Gasteiger partial charge in [0.1, 0.15) is 5.65 Å². The summed E-state index contributed by atoms with van der Waals surface area (Å²) >= 11 is 0. The molecule has 86 valence electrons. The van der Waals surface area contributed by atoms with Crippen LogP contribution >= 0.6 is 0 Å². The molecule has 16 heavy (non-hydrogen) atoms. The molecule has 0 saturated heterocycles. The second-order valence-corrected chi connectivity index (χ2v) is 4.05. The van der Waals surface area contributed by atoms with Crippen molar-refractivity contribution in [3.63, 3.8) is 0 Å². The molecule has 0 unspecified atom stereocenters. The highest BCUT2D eigenvalue weighted by atomic mass is 16.1. The zero-order valence-corrected chi connectivity index (χ0v) is 10.0. The third kappa shape index (κ3) is 1.64. The Hall–Kier alpha value is -1.58. The molecule has 0 aliphatic rings. The van der Waals surface area contributed by atoms with Gasteiger partial charge in [0.25, 0.3) is 5.56 Å². The quantitative estimate of drug-likeness (QED) is 0.856. The standard InChI is InChI=1S/C12H17N3O/c1-4-6-9-7-11-13-12(16)10(5-2)8(3)15(11)14-9/h7H,4-6H2,1-3H3,(H,13,16). The summed E-state index contributed by atoms with van der Waals surface area (Å²) in [6.45, 7) is 6.06. The molecule has 2 rings (SSSR count). The summed E-state index contributed by atoms with van der Waals surface area (Å²) in [6.07, 6.45) is 2.75. The molecule has 0 radical (unpaired) electrons. The Labute approximate surface area is 94.3 Å². The summed E-state index contributed by atoms with van der Waals surface area (Å²) in [4.78, 5) is 14.6. The highest BCUT2D eigenvalue weighted by Crippen LogP contribution is 2.09.